The first kappa shape index (κ1) is 28.1. The molecule has 210 valence electrons. The smallest absolute Gasteiger partial charge is 0.412 e. The van der Waals surface area contributed by atoms with E-state index in [2.05, 4.69) is 15.3 Å². The highest BCUT2D eigenvalue weighted by Crippen LogP contribution is 2.38. The third-order valence-electron chi connectivity index (χ3n) is 6.26. The van der Waals surface area contributed by atoms with Crippen LogP contribution >= 0.6 is 11.6 Å². The van der Waals surface area contributed by atoms with Gasteiger partial charge in [0.15, 0.2) is 11.5 Å². The van der Waals surface area contributed by atoms with Gasteiger partial charge in [-0.3, -0.25) is 5.32 Å². The third kappa shape index (κ3) is 5.49. The molecule has 5 aromatic rings. The van der Waals surface area contributed by atoms with E-state index in [0.717, 1.165) is 34.2 Å². The number of aryl methyl sites for hydroxylation is 1. The van der Waals surface area contributed by atoms with Crippen molar-refractivity contribution in [2.24, 2.45) is 0 Å². The molecule has 0 aliphatic carbocycles. The molecule has 0 radical (unpaired) electrons. The van der Waals surface area contributed by atoms with E-state index in [-0.39, 0.29) is 33.3 Å². The van der Waals surface area contributed by atoms with Crippen LogP contribution in [0.4, 0.5) is 19.3 Å². The Morgan fingerprint density at radius 2 is 1.78 bits per heavy atom. The monoisotopic (exact) mass is 598 g/mol. The quantitative estimate of drug-likeness (QED) is 0.229. The van der Waals surface area contributed by atoms with Crippen molar-refractivity contribution in [1.82, 2.24) is 13.9 Å². The number of hydrogen-bond acceptors (Lipinski definition) is 7. The lowest BCUT2D eigenvalue weighted by Gasteiger charge is -2.16. The molecule has 0 bridgehead atoms. The van der Waals surface area contributed by atoms with E-state index in [0.29, 0.717) is 5.56 Å². The highest BCUT2D eigenvalue weighted by Gasteiger charge is 2.31. The maximum Gasteiger partial charge on any atom is 0.412 e. The molecule has 0 spiro atoms. The summed E-state index contributed by atoms with van der Waals surface area (Å²) in [6.45, 7) is 1.69. The molecule has 3 aromatic carbocycles. The second kappa shape index (κ2) is 11.2. The molecule has 13 heteroatoms. The predicted molar refractivity (Wildman–Crippen MR) is 147 cm³/mol. The van der Waals surface area contributed by atoms with Crippen molar-refractivity contribution in [3.8, 4) is 0 Å². The molecule has 2 N–H and O–H groups in total. The number of benzene rings is 3. The van der Waals surface area contributed by atoms with Crippen molar-refractivity contribution in [2.75, 3.05) is 5.32 Å². The molecule has 0 aliphatic rings. The van der Waals surface area contributed by atoms with Crippen LogP contribution in [0.25, 0.3) is 11.0 Å². The van der Waals surface area contributed by atoms with Gasteiger partial charge in [-0.15, -0.1) is 0 Å². The molecule has 9 nitrogen and oxygen atoms in total. The van der Waals surface area contributed by atoms with E-state index >= 15 is 4.39 Å². The molecule has 0 aliphatic heterocycles. The Morgan fingerprint density at radius 3 is 2.49 bits per heavy atom. The third-order valence-corrected chi connectivity index (χ3v) is 8.21. The summed E-state index contributed by atoms with van der Waals surface area (Å²) in [5.74, 6) is -2.46. The number of carbonyl (C=O) groups is 1. The lowest BCUT2D eigenvalue weighted by Crippen LogP contribution is -2.16. The van der Waals surface area contributed by atoms with Gasteiger partial charge in [0.1, 0.15) is 30.0 Å². The summed E-state index contributed by atoms with van der Waals surface area (Å²) in [6.07, 6.45) is -1.08. The zero-order valence-corrected chi connectivity index (χ0v) is 22.8. The van der Waals surface area contributed by atoms with Crippen molar-refractivity contribution >= 4 is 44.4 Å². The number of aliphatic hydroxyl groups is 1. The van der Waals surface area contributed by atoms with Crippen molar-refractivity contribution in [1.29, 1.82) is 0 Å². The summed E-state index contributed by atoms with van der Waals surface area (Å²) in [6, 6.07) is 16.5. The Hall–Kier alpha value is -4.39. The molecule has 41 heavy (non-hydrogen) atoms. The van der Waals surface area contributed by atoms with E-state index in [4.69, 9.17) is 16.3 Å². The SMILES string of the molecule is Cc1ccc(S(=O)(=O)n2cc(C(O)c3c(F)ccc(NC(=O)OCc4ccccc4)c3F)c3c(Cl)ncnc32)cc1. The largest absolute Gasteiger partial charge is 0.444 e. The van der Waals surface area contributed by atoms with Crippen LogP contribution in [0.5, 0.6) is 0 Å². The zero-order valence-electron chi connectivity index (χ0n) is 21.3. The fourth-order valence-corrected chi connectivity index (χ4v) is 5.74. The van der Waals surface area contributed by atoms with Gasteiger partial charge in [-0.1, -0.05) is 59.6 Å². The molecule has 2 aromatic heterocycles. The first-order valence-electron chi connectivity index (χ1n) is 12.0. The number of rotatable bonds is 7. The number of aliphatic hydroxyl groups excluding tert-OH is 1. The molecule has 2 heterocycles. The minimum Gasteiger partial charge on any atom is -0.444 e. The van der Waals surface area contributed by atoms with Gasteiger partial charge in [-0.2, -0.15) is 0 Å². The molecule has 0 saturated carbocycles. The lowest BCUT2D eigenvalue weighted by molar-refractivity contribution is 0.155. The van der Waals surface area contributed by atoms with E-state index in [1.54, 1.807) is 49.4 Å². The van der Waals surface area contributed by atoms with Gasteiger partial charge in [0, 0.05) is 11.8 Å². The van der Waals surface area contributed by atoms with E-state index < -0.39 is 45.1 Å². The fraction of sp³-hybridized carbons (Fsp3) is 0.107. The van der Waals surface area contributed by atoms with Crippen LogP contribution in [0, 0.1) is 18.6 Å². The number of carbonyl (C=O) groups excluding carboxylic acids is 1. The summed E-state index contributed by atoms with van der Waals surface area (Å²) >= 11 is 6.26. The number of amides is 1. The normalized spacial score (nSPS) is 12.3. The molecule has 1 unspecified atom stereocenters. The Kier molecular flexibility index (Phi) is 7.72. The Bertz CT molecular complexity index is 1870. The maximum atomic E-state index is 15.6. The van der Waals surface area contributed by atoms with Crippen LogP contribution in [0.2, 0.25) is 5.15 Å². The maximum absolute atomic E-state index is 15.6. The highest BCUT2D eigenvalue weighted by molar-refractivity contribution is 7.90. The Labute approximate surface area is 238 Å². The second-order valence-electron chi connectivity index (χ2n) is 8.97. The first-order valence-corrected chi connectivity index (χ1v) is 13.9. The van der Waals surface area contributed by atoms with Crippen LogP contribution < -0.4 is 5.32 Å². The number of ether oxygens (including phenoxy) is 1. The van der Waals surface area contributed by atoms with Crippen molar-refractivity contribution in [2.45, 2.75) is 24.5 Å². The predicted octanol–water partition coefficient (Wildman–Crippen LogP) is 5.74. The fourth-order valence-electron chi connectivity index (χ4n) is 4.18. The van der Waals surface area contributed by atoms with Crippen LogP contribution in [-0.2, 0) is 21.4 Å². The van der Waals surface area contributed by atoms with Gasteiger partial charge in [-0.25, -0.2) is 35.9 Å². The van der Waals surface area contributed by atoms with Crippen molar-refractivity contribution in [3.05, 3.63) is 118 Å². The molecule has 0 saturated heterocycles. The molecule has 5 rings (SSSR count). The molecule has 0 fully saturated rings. The van der Waals surface area contributed by atoms with Gasteiger partial charge in [-0.05, 0) is 36.8 Å². The number of nitrogens with zero attached hydrogens (tertiary/aromatic N) is 3. The Morgan fingerprint density at radius 1 is 1.07 bits per heavy atom. The van der Waals surface area contributed by atoms with Crippen molar-refractivity contribution < 1.29 is 31.8 Å². The number of nitrogens with one attached hydrogen (secondary N) is 1. The minimum absolute atomic E-state index is 0.0895. The van der Waals surface area contributed by atoms with Gasteiger partial charge >= 0.3 is 6.09 Å². The minimum atomic E-state index is -4.27. The lowest BCUT2D eigenvalue weighted by atomic mass is 10.00. The van der Waals surface area contributed by atoms with Crippen LogP contribution in [0.1, 0.15) is 28.4 Å². The molecule has 1 amide bonds. The van der Waals surface area contributed by atoms with Crippen LogP contribution in [-0.4, -0.2) is 33.6 Å². The standard InChI is InChI=1S/C28H21ClF2N4O5S/c1-16-7-9-18(10-8-16)41(38,39)35-13-19(22-26(29)32-15-33-27(22)35)25(36)23-20(30)11-12-21(24(23)31)34-28(37)40-14-17-5-3-2-4-6-17/h2-13,15,25,36H,14H2,1H3,(H,34,37). The summed E-state index contributed by atoms with van der Waals surface area (Å²) in [5, 5.41) is 13.0. The van der Waals surface area contributed by atoms with E-state index in [1.165, 1.54) is 12.1 Å². The number of aromatic nitrogens is 3. The topological polar surface area (TPSA) is 123 Å². The van der Waals surface area contributed by atoms with Gasteiger partial charge in [0.05, 0.1) is 21.5 Å². The van der Waals surface area contributed by atoms with Gasteiger partial charge in [0.2, 0.25) is 0 Å². The molecular weight excluding hydrogens is 578 g/mol. The highest BCUT2D eigenvalue weighted by atomic mass is 35.5. The second-order valence-corrected chi connectivity index (χ2v) is 11.1. The van der Waals surface area contributed by atoms with Crippen molar-refractivity contribution in [3.63, 3.8) is 0 Å². The molecular formula is C28H21ClF2N4O5S. The van der Waals surface area contributed by atoms with Gasteiger partial charge in [0.25, 0.3) is 10.0 Å². The number of halogens is 3. The van der Waals surface area contributed by atoms with Crippen LogP contribution in [0.3, 0.4) is 0 Å². The Balaban J connectivity index is 1.53. The average molecular weight is 599 g/mol. The van der Waals surface area contributed by atoms with E-state index in [1.807, 2.05) is 0 Å². The van der Waals surface area contributed by atoms with Gasteiger partial charge < -0.3 is 9.84 Å². The summed E-state index contributed by atoms with van der Waals surface area (Å²) < 4.78 is 63.4. The summed E-state index contributed by atoms with van der Waals surface area (Å²) in [4.78, 5) is 20.1. The zero-order chi connectivity index (χ0) is 29.3. The summed E-state index contributed by atoms with van der Waals surface area (Å²) in [5.41, 5.74) is -0.308. The van der Waals surface area contributed by atoms with Crippen LogP contribution in [0.15, 0.2) is 84.1 Å². The number of fused-ring (bicyclic) bond motifs is 1. The molecule has 1 atom stereocenters. The van der Waals surface area contributed by atoms with E-state index in [9.17, 15) is 22.7 Å². The first-order chi connectivity index (χ1) is 19.6. The number of anilines is 1. The summed E-state index contributed by atoms with van der Waals surface area (Å²) in [7, 11) is -4.27. The number of hydrogen-bond donors (Lipinski definition) is 2. The average Bonchev–Trinajstić information content (AvgIpc) is 3.36.